The van der Waals surface area contributed by atoms with E-state index in [1.807, 2.05) is 18.2 Å². The van der Waals surface area contributed by atoms with Gasteiger partial charge in [0, 0.05) is 29.6 Å². The third kappa shape index (κ3) is 3.20. The lowest BCUT2D eigenvalue weighted by molar-refractivity contribution is 0.578. The molecule has 0 spiro atoms. The quantitative estimate of drug-likeness (QED) is 0.507. The Labute approximate surface area is 147 Å². The summed E-state index contributed by atoms with van der Waals surface area (Å²) in [6, 6.07) is 9.02. The average Bonchev–Trinajstić information content (AvgIpc) is 2.57. The van der Waals surface area contributed by atoms with Crippen molar-refractivity contribution >= 4 is 45.6 Å². The zero-order chi connectivity index (χ0) is 16.4. The molecule has 7 heteroatoms. The van der Waals surface area contributed by atoms with Crippen LogP contribution in [0.2, 0.25) is 10.2 Å². The van der Waals surface area contributed by atoms with Gasteiger partial charge >= 0.3 is 0 Å². The molecule has 0 atom stereocenters. The van der Waals surface area contributed by atoms with E-state index in [1.54, 1.807) is 18.3 Å². The van der Waals surface area contributed by atoms with Crippen LogP contribution in [0.1, 0.15) is 6.42 Å². The Hall–Kier alpha value is -1.62. The highest BCUT2D eigenvalue weighted by Gasteiger charge is 2.13. The molecule has 118 valence electrons. The Kier molecular flexibility index (Phi) is 4.85. The van der Waals surface area contributed by atoms with Gasteiger partial charge in [0.1, 0.15) is 10.8 Å². The van der Waals surface area contributed by atoms with Crippen LogP contribution in [0.3, 0.4) is 0 Å². The van der Waals surface area contributed by atoms with Crippen LogP contribution in [0, 0.1) is 0 Å². The van der Waals surface area contributed by atoms with E-state index in [4.69, 9.17) is 34.8 Å². The zero-order valence-electron chi connectivity index (χ0n) is 12.0. The first-order chi connectivity index (χ1) is 11.1. The van der Waals surface area contributed by atoms with Gasteiger partial charge in [-0.3, -0.25) is 4.79 Å². The maximum atomic E-state index is 12.5. The summed E-state index contributed by atoms with van der Waals surface area (Å²) in [6.45, 7) is 0.453. The summed E-state index contributed by atoms with van der Waals surface area (Å²) in [7, 11) is 0. The molecular formula is C16H12Cl3N3O. The van der Waals surface area contributed by atoms with Gasteiger partial charge in [0.15, 0.2) is 0 Å². The number of pyridine rings is 1. The number of nitrogens with zero attached hydrogens (tertiary/aromatic N) is 3. The van der Waals surface area contributed by atoms with Crippen LogP contribution in [0.4, 0.5) is 0 Å². The molecule has 23 heavy (non-hydrogen) atoms. The van der Waals surface area contributed by atoms with Crippen molar-refractivity contribution in [1.29, 1.82) is 0 Å². The maximum absolute atomic E-state index is 12.5. The lowest BCUT2D eigenvalue weighted by Crippen LogP contribution is -2.24. The van der Waals surface area contributed by atoms with Crippen molar-refractivity contribution in [2.45, 2.75) is 13.0 Å². The van der Waals surface area contributed by atoms with Crippen LogP contribution in [0.25, 0.3) is 22.0 Å². The number of rotatable bonds is 4. The standard InChI is InChI=1S/C16H12Cl3N3O/c17-6-3-7-22-16(23)12-5-2-1-4-11(12)14(21-22)10-8-13(18)15(19)20-9-10/h1-2,4-5,8-9H,3,6-7H2. The van der Waals surface area contributed by atoms with Crippen molar-refractivity contribution in [3.8, 4) is 11.3 Å². The molecule has 0 saturated carbocycles. The summed E-state index contributed by atoms with van der Waals surface area (Å²) in [6.07, 6.45) is 2.26. The minimum Gasteiger partial charge on any atom is -0.267 e. The monoisotopic (exact) mass is 367 g/mol. The van der Waals surface area contributed by atoms with Crippen molar-refractivity contribution in [2.75, 3.05) is 5.88 Å². The molecule has 2 heterocycles. The summed E-state index contributed by atoms with van der Waals surface area (Å²) in [5.41, 5.74) is 1.21. The Morgan fingerprint density at radius 3 is 2.57 bits per heavy atom. The van der Waals surface area contributed by atoms with Crippen molar-refractivity contribution in [3.05, 3.63) is 57.1 Å². The molecule has 0 amide bonds. The third-order valence-electron chi connectivity index (χ3n) is 3.44. The average molecular weight is 369 g/mol. The minimum atomic E-state index is -0.137. The molecule has 3 rings (SSSR count). The van der Waals surface area contributed by atoms with Gasteiger partial charge in [-0.2, -0.15) is 5.10 Å². The van der Waals surface area contributed by atoms with E-state index in [0.717, 1.165) is 5.39 Å². The Balaban J connectivity index is 2.28. The number of alkyl halides is 1. The number of benzene rings is 1. The topological polar surface area (TPSA) is 47.8 Å². The minimum absolute atomic E-state index is 0.137. The predicted octanol–water partition coefficient (Wildman–Crippen LogP) is 4.39. The fourth-order valence-corrected chi connectivity index (χ4v) is 2.75. The van der Waals surface area contributed by atoms with E-state index in [1.165, 1.54) is 4.68 Å². The van der Waals surface area contributed by atoms with Gasteiger partial charge in [-0.1, -0.05) is 41.4 Å². The summed E-state index contributed by atoms with van der Waals surface area (Å²) >= 11 is 17.7. The van der Waals surface area contributed by atoms with Gasteiger partial charge < -0.3 is 0 Å². The van der Waals surface area contributed by atoms with Crippen LogP contribution in [0.5, 0.6) is 0 Å². The second-order valence-corrected chi connectivity index (χ2v) is 6.10. The molecular weight excluding hydrogens is 357 g/mol. The number of aryl methyl sites for hydroxylation is 1. The molecule has 0 fully saturated rings. The number of hydrogen-bond acceptors (Lipinski definition) is 3. The SMILES string of the molecule is O=c1c2ccccc2c(-c2cnc(Cl)c(Cl)c2)nn1CCCCl. The molecule has 0 bridgehead atoms. The molecule has 3 aromatic rings. The van der Waals surface area contributed by atoms with Gasteiger partial charge in [0.05, 0.1) is 10.4 Å². The van der Waals surface area contributed by atoms with E-state index in [2.05, 4.69) is 10.1 Å². The van der Waals surface area contributed by atoms with Gasteiger partial charge in [-0.15, -0.1) is 11.6 Å². The van der Waals surface area contributed by atoms with Gasteiger partial charge in [-0.25, -0.2) is 9.67 Å². The van der Waals surface area contributed by atoms with Crippen molar-refractivity contribution < 1.29 is 0 Å². The summed E-state index contributed by atoms with van der Waals surface area (Å²) < 4.78 is 1.43. The van der Waals surface area contributed by atoms with Crippen LogP contribution < -0.4 is 5.56 Å². The molecule has 0 saturated heterocycles. The van der Waals surface area contributed by atoms with Crippen LogP contribution >= 0.6 is 34.8 Å². The summed E-state index contributed by atoms with van der Waals surface area (Å²) in [5.74, 6) is 0.463. The highest BCUT2D eigenvalue weighted by Crippen LogP contribution is 2.28. The van der Waals surface area contributed by atoms with E-state index in [9.17, 15) is 4.79 Å². The fourth-order valence-electron chi connectivity index (χ4n) is 2.36. The highest BCUT2D eigenvalue weighted by molar-refractivity contribution is 6.41. The number of hydrogen-bond donors (Lipinski definition) is 0. The van der Waals surface area contributed by atoms with Gasteiger partial charge in [0.2, 0.25) is 0 Å². The molecule has 1 aromatic carbocycles. The van der Waals surface area contributed by atoms with E-state index in [0.29, 0.717) is 40.5 Å². The highest BCUT2D eigenvalue weighted by atomic mass is 35.5. The van der Waals surface area contributed by atoms with E-state index < -0.39 is 0 Å². The molecule has 4 nitrogen and oxygen atoms in total. The molecule has 0 unspecified atom stereocenters. The van der Waals surface area contributed by atoms with Crippen LogP contribution in [-0.4, -0.2) is 20.6 Å². The maximum Gasteiger partial charge on any atom is 0.274 e. The van der Waals surface area contributed by atoms with E-state index in [-0.39, 0.29) is 10.7 Å². The molecule has 0 radical (unpaired) electrons. The van der Waals surface area contributed by atoms with Gasteiger partial charge in [-0.05, 0) is 18.6 Å². The van der Waals surface area contributed by atoms with Crippen LogP contribution in [0.15, 0.2) is 41.3 Å². The first-order valence-corrected chi connectivity index (χ1v) is 8.28. The predicted molar refractivity (Wildman–Crippen MR) is 94.6 cm³/mol. The summed E-state index contributed by atoms with van der Waals surface area (Å²) in [4.78, 5) is 16.6. The molecule has 2 aromatic heterocycles. The van der Waals surface area contributed by atoms with Crippen LogP contribution in [-0.2, 0) is 6.54 Å². The lowest BCUT2D eigenvalue weighted by Gasteiger charge is -2.11. The Morgan fingerprint density at radius 1 is 1.13 bits per heavy atom. The van der Waals surface area contributed by atoms with Crippen molar-refractivity contribution in [2.24, 2.45) is 0 Å². The first kappa shape index (κ1) is 16.2. The lowest BCUT2D eigenvalue weighted by atomic mass is 10.1. The third-order valence-corrected chi connectivity index (χ3v) is 4.39. The van der Waals surface area contributed by atoms with E-state index >= 15 is 0 Å². The fraction of sp³-hybridized carbons (Fsp3) is 0.188. The number of aromatic nitrogens is 3. The zero-order valence-corrected chi connectivity index (χ0v) is 14.2. The molecule has 0 N–H and O–H groups in total. The molecule has 0 aliphatic carbocycles. The van der Waals surface area contributed by atoms with Crippen molar-refractivity contribution in [3.63, 3.8) is 0 Å². The largest absolute Gasteiger partial charge is 0.274 e. The molecule has 0 aliphatic heterocycles. The Bertz CT molecular complexity index is 924. The summed E-state index contributed by atoms with van der Waals surface area (Å²) in [5, 5.41) is 6.40. The number of halogens is 3. The number of fused-ring (bicyclic) bond motifs is 1. The van der Waals surface area contributed by atoms with Crippen molar-refractivity contribution in [1.82, 2.24) is 14.8 Å². The van der Waals surface area contributed by atoms with Gasteiger partial charge in [0.25, 0.3) is 5.56 Å². The second-order valence-electron chi connectivity index (χ2n) is 4.96. The normalized spacial score (nSPS) is 11.1. The second kappa shape index (κ2) is 6.87. The first-order valence-electron chi connectivity index (χ1n) is 6.99. The Morgan fingerprint density at radius 2 is 1.87 bits per heavy atom. The molecule has 0 aliphatic rings. The smallest absolute Gasteiger partial charge is 0.267 e.